The number of amides is 1. The van der Waals surface area contributed by atoms with Crippen molar-refractivity contribution >= 4 is 11.6 Å². The van der Waals surface area contributed by atoms with Crippen LogP contribution < -0.4 is 10.2 Å². The van der Waals surface area contributed by atoms with E-state index >= 15 is 0 Å². The fourth-order valence-electron chi connectivity index (χ4n) is 1.75. The van der Waals surface area contributed by atoms with Gasteiger partial charge in [-0.15, -0.1) is 0 Å². The quantitative estimate of drug-likeness (QED) is 0.867. The van der Waals surface area contributed by atoms with E-state index < -0.39 is 0 Å². The summed E-state index contributed by atoms with van der Waals surface area (Å²) in [6.07, 6.45) is 0. The second-order valence-electron chi connectivity index (χ2n) is 4.68. The summed E-state index contributed by atoms with van der Waals surface area (Å²) in [6, 6.07) is 6.31. The average molecular weight is 234 g/mol. The summed E-state index contributed by atoms with van der Waals surface area (Å²) >= 11 is 0. The van der Waals surface area contributed by atoms with Crippen LogP contribution in [0, 0.1) is 6.92 Å². The second-order valence-corrected chi connectivity index (χ2v) is 4.68. The fraction of sp³-hybridized carbons (Fsp3) is 0.500. The number of hydrogen-bond acceptors (Lipinski definition) is 2. The highest BCUT2D eigenvalue weighted by Crippen LogP contribution is 2.24. The van der Waals surface area contributed by atoms with Crippen LogP contribution in [-0.4, -0.2) is 26.5 Å². The number of rotatable bonds is 4. The Kier molecular flexibility index (Phi) is 4.70. The lowest BCUT2D eigenvalue weighted by Gasteiger charge is -2.21. The molecule has 0 radical (unpaired) electrons. The van der Waals surface area contributed by atoms with Gasteiger partial charge in [0.05, 0.1) is 6.54 Å². The highest BCUT2D eigenvalue weighted by Gasteiger charge is 2.13. The van der Waals surface area contributed by atoms with E-state index in [1.165, 1.54) is 5.56 Å². The molecule has 0 unspecified atom stereocenters. The zero-order valence-corrected chi connectivity index (χ0v) is 11.4. The van der Waals surface area contributed by atoms with Gasteiger partial charge < -0.3 is 10.2 Å². The van der Waals surface area contributed by atoms with Crippen molar-refractivity contribution in [3.05, 3.63) is 29.3 Å². The van der Waals surface area contributed by atoms with E-state index in [9.17, 15) is 4.79 Å². The van der Waals surface area contributed by atoms with Crippen LogP contribution in [-0.2, 0) is 4.79 Å². The maximum absolute atomic E-state index is 11.8. The predicted molar refractivity (Wildman–Crippen MR) is 72.6 cm³/mol. The minimum absolute atomic E-state index is 0.0801. The van der Waals surface area contributed by atoms with Crippen LogP contribution in [0.2, 0.25) is 0 Å². The third kappa shape index (κ3) is 3.30. The zero-order valence-electron chi connectivity index (χ0n) is 11.4. The van der Waals surface area contributed by atoms with Gasteiger partial charge in [-0.2, -0.15) is 0 Å². The van der Waals surface area contributed by atoms with Gasteiger partial charge in [-0.3, -0.25) is 4.79 Å². The van der Waals surface area contributed by atoms with Crippen molar-refractivity contribution in [1.82, 2.24) is 5.32 Å². The molecule has 94 valence electrons. The first-order chi connectivity index (χ1) is 7.97. The summed E-state index contributed by atoms with van der Waals surface area (Å²) in [5.74, 6) is 0.554. The lowest BCUT2D eigenvalue weighted by Crippen LogP contribution is -2.34. The number of aryl methyl sites for hydroxylation is 1. The Morgan fingerprint density at radius 1 is 1.41 bits per heavy atom. The smallest absolute Gasteiger partial charge is 0.240 e. The SMILES string of the molecule is CNCC(=O)N(C)c1cc(C(C)C)ccc1C. The molecule has 3 heteroatoms. The maximum atomic E-state index is 11.8. The van der Waals surface area contributed by atoms with Crippen molar-refractivity contribution in [1.29, 1.82) is 0 Å². The fourth-order valence-corrected chi connectivity index (χ4v) is 1.75. The van der Waals surface area contributed by atoms with Crippen molar-refractivity contribution in [3.63, 3.8) is 0 Å². The van der Waals surface area contributed by atoms with E-state index in [-0.39, 0.29) is 5.91 Å². The first-order valence-electron chi connectivity index (χ1n) is 5.99. The number of nitrogens with zero attached hydrogens (tertiary/aromatic N) is 1. The van der Waals surface area contributed by atoms with E-state index in [4.69, 9.17) is 0 Å². The Morgan fingerprint density at radius 2 is 2.06 bits per heavy atom. The van der Waals surface area contributed by atoms with Gasteiger partial charge in [-0.1, -0.05) is 26.0 Å². The van der Waals surface area contributed by atoms with Gasteiger partial charge in [-0.25, -0.2) is 0 Å². The molecule has 17 heavy (non-hydrogen) atoms. The van der Waals surface area contributed by atoms with Gasteiger partial charge in [0.15, 0.2) is 0 Å². The predicted octanol–water partition coefficient (Wildman–Crippen LogP) is 2.30. The van der Waals surface area contributed by atoms with Gasteiger partial charge in [0.25, 0.3) is 0 Å². The molecule has 0 saturated heterocycles. The molecule has 0 aliphatic heterocycles. The molecule has 0 atom stereocenters. The molecule has 1 aromatic rings. The highest BCUT2D eigenvalue weighted by molar-refractivity contribution is 5.95. The Hall–Kier alpha value is -1.35. The van der Waals surface area contributed by atoms with Crippen LogP contribution in [0.15, 0.2) is 18.2 Å². The van der Waals surface area contributed by atoms with Crippen LogP contribution in [0.3, 0.4) is 0 Å². The van der Waals surface area contributed by atoms with Gasteiger partial charge in [0, 0.05) is 12.7 Å². The number of anilines is 1. The van der Waals surface area contributed by atoms with Crippen LogP contribution in [0.4, 0.5) is 5.69 Å². The molecule has 0 aromatic heterocycles. The van der Waals surface area contributed by atoms with Crippen molar-refractivity contribution in [3.8, 4) is 0 Å². The molecular weight excluding hydrogens is 212 g/mol. The molecule has 0 bridgehead atoms. The minimum atomic E-state index is 0.0801. The summed E-state index contributed by atoms with van der Waals surface area (Å²) in [4.78, 5) is 13.6. The topological polar surface area (TPSA) is 32.3 Å². The normalized spacial score (nSPS) is 10.7. The van der Waals surface area contributed by atoms with Crippen molar-refractivity contribution in [2.24, 2.45) is 0 Å². The Morgan fingerprint density at radius 3 is 2.59 bits per heavy atom. The molecule has 0 fully saturated rings. The number of carbonyl (C=O) groups is 1. The number of likely N-dealkylation sites (N-methyl/N-ethyl adjacent to an activating group) is 2. The van der Waals surface area contributed by atoms with Gasteiger partial charge >= 0.3 is 0 Å². The molecule has 0 saturated carbocycles. The molecule has 0 spiro atoms. The molecule has 1 amide bonds. The number of hydrogen-bond donors (Lipinski definition) is 1. The van der Waals surface area contributed by atoms with Crippen molar-refractivity contribution < 1.29 is 4.79 Å². The largest absolute Gasteiger partial charge is 0.314 e. The summed E-state index contributed by atoms with van der Waals surface area (Å²) < 4.78 is 0. The maximum Gasteiger partial charge on any atom is 0.240 e. The zero-order chi connectivity index (χ0) is 13.0. The average Bonchev–Trinajstić information content (AvgIpc) is 2.28. The van der Waals surface area contributed by atoms with E-state index in [1.54, 1.807) is 11.9 Å². The first kappa shape index (κ1) is 13.7. The van der Waals surface area contributed by atoms with Crippen LogP contribution in [0.5, 0.6) is 0 Å². The van der Waals surface area contributed by atoms with Crippen molar-refractivity contribution in [2.75, 3.05) is 25.5 Å². The van der Waals surface area contributed by atoms with Crippen LogP contribution >= 0.6 is 0 Å². The van der Waals surface area contributed by atoms with E-state index in [0.29, 0.717) is 12.5 Å². The van der Waals surface area contributed by atoms with Gasteiger partial charge in [-0.05, 0) is 37.1 Å². The first-order valence-corrected chi connectivity index (χ1v) is 5.99. The lowest BCUT2D eigenvalue weighted by atomic mass is 10.0. The molecule has 0 heterocycles. The molecule has 1 rings (SSSR count). The molecule has 3 nitrogen and oxygen atoms in total. The molecule has 0 aliphatic carbocycles. The molecular formula is C14H22N2O. The third-order valence-electron chi connectivity index (χ3n) is 2.96. The highest BCUT2D eigenvalue weighted by atomic mass is 16.2. The molecule has 1 N–H and O–H groups in total. The Bertz CT molecular complexity index is 399. The molecule has 1 aromatic carbocycles. The van der Waals surface area contributed by atoms with E-state index in [1.807, 2.05) is 14.0 Å². The lowest BCUT2D eigenvalue weighted by molar-refractivity contribution is -0.117. The summed E-state index contributed by atoms with van der Waals surface area (Å²) in [5.41, 5.74) is 3.38. The van der Waals surface area contributed by atoms with Crippen LogP contribution in [0.25, 0.3) is 0 Å². The van der Waals surface area contributed by atoms with Crippen molar-refractivity contribution in [2.45, 2.75) is 26.7 Å². The summed E-state index contributed by atoms with van der Waals surface area (Å²) in [5, 5.41) is 2.88. The summed E-state index contributed by atoms with van der Waals surface area (Å²) in [6.45, 7) is 6.71. The standard InChI is InChI=1S/C14H22N2O/c1-10(2)12-7-6-11(3)13(8-12)16(5)14(17)9-15-4/h6-8,10,15H,9H2,1-5H3. The van der Waals surface area contributed by atoms with Crippen LogP contribution in [0.1, 0.15) is 30.9 Å². The van der Waals surface area contributed by atoms with Gasteiger partial charge in [0.2, 0.25) is 5.91 Å². The summed E-state index contributed by atoms with van der Waals surface area (Å²) in [7, 11) is 3.61. The number of carbonyl (C=O) groups excluding carboxylic acids is 1. The second kappa shape index (κ2) is 5.82. The number of nitrogens with one attached hydrogen (secondary N) is 1. The van der Waals surface area contributed by atoms with E-state index in [2.05, 4.69) is 37.4 Å². The number of benzene rings is 1. The Balaban J connectivity index is 3.03. The molecule has 0 aliphatic rings. The monoisotopic (exact) mass is 234 g/mol. The minimum Gasteiger partial charge on any atom is -0.314 e. The third-order valence-corrected chi connectivity index (χ3v) is 2.96. The van der Waals surface area contributed by atoms with E-state index in [0.717, 1.165) is 11.3 Å². The Labute approximate surface area is 104 Å². The van der Waals surface area contributed by atoms with Gasteiger partial charge in [0.1, 0.15) is 0 Å².